The Morgan fingerprint density at radius 1 is 1.24 bits per heavy atom. The van der Waals surface area contributed by atoms with Gasteiger partial charge in [0.1, 0.15) is 0 Å². The fourth-order valence-electron chi connectivity index (χ4n) is 2.23. The second-order valence-electron chi connectivity index (χ2n) is 5.26. The Bertz CT molecular complexity index is 710. The van der Waals surface area contributed by atoms with E-state index in [1.54, 1.807) is 6.20 Å². The molecular formula is C15H15F2N3O. The molecule has 0 atom stereocenters. The maximum absolute atomic E-state index is 13.1. The van der Waals surface area contributed by atoms with Crippen molar-refractivity contribution >= 4 is 5.69 Å². The van der Waals surface area contributed by atoms with Crippen molar-refractivity contribution in [1.29, 1.82) is 0 Å². The summed E-state index contributed by atoms with van der Waals surface area (Å²) in [5.74, 6) is -1.83. The molecule has 1 aliphatic carbocycles. The van der Waals surface area contributed by atoms with Gasteiger partial charge in [0.25, 0.3) is 5.56 Å². The maximum atomic E-state index is 13.1. The van der Waals surface area contributed by atoms with Crippen LogP contribution in [0.25, 0.3) is 0 Å². The zero-order chi connectivity index (χ0) is 14.8. The molecule has 110 valence electrons. The number of nitrogens with zero attached hydrogens (tertiary/aromatic N) is 2. The van der Waals surface area contributed by atoms with Crippen molar-refractivity contribution in [3.8, 4) is 0 Å². The maximum Gasteiger partial charge on any atom is 0.269 e. The van der Waals surface area contributed by atoms with Crippen LogP contribution in [0.1, 0.15) is 24.8 Å². The summed E-state index contributed by atoms with van der Waals surface area (Å²) >= 11 is 0. The molecule has 1 N–H and O–H groups in total. The van der Waals surface area contributed by atoms with Crippen molar-refractivity contribution < 1.29 is 8.78 Å². The van der Waals surface area contributed by atoms with E-state index in [9.17, 15) is 13.6 Å². The van der Waals surface area contributed by atoms with Crippen LogP contribution in [-0.2, 0) is 6.54 Å². The van der Waals surface area contributed by atoms with Gasteiger partial charge >= 0.3 is 0 Å². The highest BCUT2D eigenvalue weighted by molar-refractivity contribution is 5.40. The molecule has 2 aromatic rings. The molecule has 1 aromatic heterocycles. The van der Waals surface area contributed by atoms with E-state index in [2.05, 4.69) is 10.4 Å². The monoisotopic (exact) mass is 291 g/mol. The molecule has 6 heteroatoms. The number of hydrogen-bond acceptors (Lipinski definition) is 3. The molecule has 4 nitrogen and oxygen atoms in total. The highest BCUT2D eigenvalue weighted by Crippen LogP contribution is 2.22. The third-order valence-corrected chi connectivity index (χ3v) is 3.66. The molecule has 1 fully saturated rings. The quantitative estimate of drug-likeness (QED) is 0.941. The van der Waals surface area contributed by atoms with Gasteiger partial charge in [-0.25, -0.2) is 13.5 Å². The average molecular weight is 291 g/mol. The van der Waals surface area contributed by atoms with Crippen LogP contribution in [-0.4, -0.2) is 15.8 Å². The Balaban J connectivity index is 1.75. The van der Waals surface area contributed by atoms with Crippen molar-refractivity contribution in [3.05, 3.63) is 58.0 Å². The first-order chi connectivity index (χ1) is 10.1. The summed E-state index contributed by atoms with van der Waals surface area (Å²) in [7, 11) is 0. The fourth-order valence-corrected chi connectivity index (χ4v) is 2.23. The van der Waals surface area contributed by atoms with Gasteiger partial charge in [-0.15, -0.1) is 0 Å². The summed E-state index contributed by atoms with van der Waals surface area (Å²) in [4.78, 5) is 12.0. The van der Waals surface area contributed by atoms with E-state index in [0.717, 1.165) is 25.0 Å². The first-order valence-corrected chi connectivity index (χ1v) is 6.89. The van der Waals surface area contributed by atoms with Crippen LogP contribution in [0.3, 0.4) is 0 Å². The lowest BCUT2D eigenvalue weighted by molar-refractivity contribution is 0.445. The molecule has 0 radical (unpaired) electrons. The number of halogens is 2. The minimum absolute atomic E-state index is 0.111. The summed E-state index contributed by atoms with van der Waals surface area (Å²) in [6.07, 6.45) is 5.01. The van der Waals surface area contributed by atoms with Gasteiger partial charge in [0, 0.05) is 12.1 Å². The molecule has 0 saturated heterocycles. The Kier molecular flexibility index (Phi) is 3.68. The van der Waals surface area contributed by atoms with E-state index in [-0.39, 0.29) is 12.1 Å². The summed E-state index contributed by atoms with van der Waals surface area (Å²) in [6, 6.07) is 5.46. The first kappa shape index (κ1) is 13.7. The third-order valence-electron chi connectivity index (χ3n) is 3.66. The lowest BCUT2D eigenvalue weighted by atomic mass is 9.93. The molecule has 1 aliphatic rings. The molecule has 21 heavy (non-hydrogen) atoms. The van der Waals surface area contributed by atoms with Crippen molar-refractivity contribution in [2.24, 2.45) is 0 Å². The second-order valence-corrected chi connectivity index (χ2v) is 5.26. The van der Waals surface area contributed by atoms with E-state index < -0.39 is 11.6 Å². The summed E-state index contributed by atoms with van der Waals surface area (Å²) < 4.78 is 27.2. The van der Waals surface area contributed by atoms with Gasteiger partial charge in [0.15, 0.2) is 11.6 Å². The predicted octanol–water partition coefficient (Wildman–Crippen LogP) is 2.53. The van der Waals surface area contributed by atoms with Gasteiger partial charge in [0.2, 0.25) is 0 Å². The summed E-state index contributed by atoms with van der Waals surface area (Å²) in [5.41, 5.74) is 0.915. The molecular weight excluding hydrogens is 276 g/mol. The topological polar surface area (TPSA) is 46.9 Å². The standard InChI is InChI=1S/C15H15F2N3O/c16-13-5-4-10(6-14(13)17)9-20-15(21)7-12(8-18-20)19-11-2-1-3-11/h4-8,11,19H,1-3,9H2. The number of rotatable bonds is 4. The van der Waals surface area contributed by atoms with Crippen molar-refractivity contribution in [2.75, 3.05) is 5.32 Å². The van der Waals surface area contributed by atoms with Gasteiger partial charge < -0.3 is 5.32 Å². The molecule has 0 bridgehead atoms. The third kappa shape index (κ3) is 3.09. The van der Waals surface area contributed by atoms with Crippen molar-refractivity contribution in [2.45, 2.75) is 31.8 Å². The molecule has 1 aromatic carbocycles. The van der Waals surface area contributed by atoms with Crippen LogP contribution >= 0.6 is 0 Å². The van der Waals surface area contributed by atoms with Gasteiger partial charge in [-0.2, -0.15) is 5.10 Å². The van der Waals surface area contributed by atoms with E-state index in [1.807, 2.05) is 0 Å². The van der Waals surface area contributed by atoms with Crippen LogP contribution < -0.4 is 10.9 Å². The Hall–Kier alpha value is -2.24. The average Bonchev–Trinajstić information content (AvgIpc) is 2.41. The minimum atomic E-state index is -0.927. The van der Waals surface area contributed by atoms with Crippen molar-refractivity contribution in [3.63, 3.8) is 0 Å². The lowest BCUT2D eigenvalue weighted by Crippen LogP contribution is -2.29. The predicted molar refractivity (Wildman–Crippen MR) is 75.2 cm³/mol. The number of hydrogen-bond donors (Lipinski definition) is 1. The zero-order valence-corrected chi connectivity index (χ0v) is 11.4. The lowest BCUT2D eigenvalue weighted by Gasteiger charge is -2.27. The van der Waals surface area contributed by atoms with Crippen LogP contribution in [0.4, 0.5) is 14.5 Å². The van der Waals surface area contributed by atoms with Crippen LogP contribution in [0.5, 0.6) is 0 Å². The fraction of sp³-hybridized carbons (Fsp3) is 0.333. The summed E-state index contributed by atoms with van der Waals surface area (Å²) in [5, 5.41) is 7.30. The van der Waals surface area contributed by atoms with Gasteiger partial charge in [-0.3, -0.25) is 4.79 Å². The highest BCUT2D eigenvalue weighted by atomic mass is 19.2. The van der Waals surface area contributed by atoms with E-state index in [4.69, 9.17) is 0 Å². The van der Waals surface area contributed by atoms with Crippen molar-refractivity contribution in [1.82, 2.24) is 9.78 Å². The SMILES string of the molecule is O=c1cc(NC2CCC2)cnn1Cc1ccc(F)c(F)c1. The van der Waals surface area contributed by atoms with Gasteiger partial charge in [-0.05, 0) is 37.0 Å². The molecule has 0 aliphatic heterocycles. The molecule has 0 unspecified atom stereocenters. The van der Waals surface area contributed by atoms with Crippen LogP contribution in [0, 0.1) is 11.6 Å². The molecule has 0 amide bonds. The Labute approximate surface area is 120 Å². The molecule has 3 rings (SSSR count). The Morgan fingerprint density at radius 3 is 2.67 bits per heavy atom. The van der Waals surface area contributed by atoms with E-state index in [0.29, 0.717) is 17.3 Å². The van der Waals surface area contributed by atoms with Crippen LogP contribution in [0.15, 0.2) is 35.3 Å². The smallest absolute Gasteiger partial charge is 0.269 e. The molecule has 1 heterocycles. The largest absolute Gasteiger partial charge is 0.381 e. The Morgan fingerprint density at radius 2 is 2.05 bits per heavy atom. The normalized spacial score (nSPS) is 14.8. The summed E-state index contributed by atoms with van der Waals surface area (Å²) in [6.45, 7) is 0.111. The molecule has 0 spiro atoms. The number of aromatic nitrogens is 2. The van der Waals surface area contributed by atoms with Gasteiger partial charge in [-0.1, -0.05) is 6.07 Å². The highest BCUT2D eigenvalue weighted by Gasteiger charge is 2.17. The van der Waals surface area contributed by atoms with Crippen LogP contribution in [0.2, 0.25) is 0 Å². The number of benzene rings is 1. The zero-order valence-electron chi connectivity index (χ0n) is 11.4. The number of nitrogens with one attached hydrogen (secondary N) is 1. The van der Waals surface area contributed by atoms with E-state index >= 15 is 0 Å². The van der Waals surface area contributed by atoms with Gasteiger partial charge in [0.05, 0.1) is 18.4 Å². The first-order valence-electron chi connectivity index (χ1n) is 6.89. The minimum Gasteiger partial charge on any atom is -0.381 e. The van der Waals surface area contributed by atoms with E-state index in [1.165, 1.54) is 23.2 Å². The number of anilines is 1. The second kappa shape index (κ2) is 5.63. The molecule has 1 saturated carbocycles.